The second-order valence-electron chi connectivity index (χ2n) is 9.70. The summed E-state index contributed by atoms with van der Waals surface area (Å²) < 4.78 is 6.07. The fourth-order valence-electron chi connectivity index (χ4n) is 5.21. The van der Waals surface area contributed by atoms with Crippen molar-refractivity contribution in [3.8, 4) is 0 Å². The molecule has 1 N–H and O–H groups in total. The van der Waals surface area contributed by atoms with Gasteiger partial charge in [0.05, 0.1) is 0 Å². The first-order chi connectivity index (χ1) is 15.6. The van der Waals surface area contributed by atoms with Gasteiger partial charge >= 0.3 is 199 Å². The van der Waals surface area contributed by atoms with Crippen molar-refractivity contribution >= 4 is 18.4 Å². The normalized spacial score (nSPS) is 16.7. The van der Waals surface area contributed by atoms with E-state index in [1.54, 1.807) is 0 Å². The molecule has 1 fully saturated rings. The minimum absolute atomic E-state index is 0.622. The average molecular weight is 531 g/mol. The van der Waals surface area contributed by atoms with Crippen LogP contribution in [-0.2, 0) is 13.3 Å². The van der Waals surface area contributed by atoms with E-state index in [9.17, 15) is 5.11 Å². The summed E-state index contributed by atoms with van der Waals surface area (Å²) in [6.45, 7) is 0. The van der Waals surface area contributed by atoms with E-state index < -0.39 is 24.0 Å². The van der Waals surface area contributed by atoms with Crippen LogP contribution in [0.5, 0.6) is 0 Å². The van der Waals surface area contributed by atoms with Gasteiger partial charge in [0, 0.05) is 0 Å². The van der Waals surface area contributed by atoms with Crippen molar-refractivity contribution < 1.29 is 5.11 Å². The summed E-state index contributed by atoms with van der Waals surface area (Å²) in [5.41, 5.74) is 3.69. The van der Waals surface area contributed by atoms with Crippen LogP contribution in [0, 0.1) is 0 Å². The van der Waals surface area contributed by atoms with Gasteiger partial charge in [0.25, 0.3) is 0 Å². The first-order valence-corrected chi connectivity index (χ1v) is 19.9. The predicted molar refractivity (Wildman–Crippen MR) is 138 cm³/mol. The number of aliphatic hydroxyl groups is 1. The molecule has 0 atom stereocenters. The van der Waals surface area contributed by atoms with Crippen LogP contribution < -0.4 is 0 Å². The topological polar surface area (TPSA) is 20.2 Å². The van der Waals surface area contributed by atoms with E-state index in [4.69, 9.17) is 0 Å². The molecule has 4 rings (SSSR count). The zero-order valence-corrected chi connectivity index (χ0v) is 22.0. The Bertz CT molecular complexity index is 856. The van der Waals surface area contributed by atoms with Gasteiger partial charge in [0.15, 0.2) is 0 Å². The van der Waals surface area contributed by atoms with Gasteiger partial charge in [-0.2, -0.15) is 0 Å². The standard InChI is InChI=1S/C9H15O.3C7H7.Sn/c1-2-9(10)7-5-3-4-6-8-9;3*1-7-5-3-2-4-6-7;/h1-2,10H,3-8H2;3*2-6H,1H2;. The molecule has 166 valence electrons. The zero-order valence-electron chi connectivity index (χ0n) is 19.1. The van der Waals surface area contributed by atoms with Crippen molar-refractivity contribution in [2.75, 3.05) is 0 Å². The van der Waals surface area contributed by atoms with Crippen LogP contribution in [0.25, 0.3) is 0 Å². The Morgan fingerprint density at radius 1 is 0.594 bits per heavy atom. The van der Waals surface area contributed by atoms with Crippen molar-refractivity contribution in [2.24, 2.45) is 0 Å². The summed E-state index contributed by atoms with van der Waals surface area (Å²) in [6, 6.07) is 33.1. The van der Waals surface area contributed by atoms with Gasteiger partial charge in [-0.3, -0.25) is 0 Å². The molecular formula is C30H36OSn. The first kappa shape index (κ1) is 23.3. The molecule has 3 aromatic rings. The second-order valence-corrected chi connectivity index (χ2v) is 21.5. The number of rotatable bonds is 8. The SMILES string of the molecule is OC1(C=[CH][Sn]([CH2]c2ccccc2)([CH2]c2ccccc2)[CH2]c2ccccc2)CCCCCC1. The van der Waals surface area contributed by atoms with Gasteiger partial charge in [0.1, 0.15) is 0 Å². The Labute approximate surface area is 198 Å². The molecule has 0 saturated heterocycles. The zero-order chi connectivity index (χ0) is 22.1. The van der Waals surface area contributed by atoms with Crippen molar-refractivity contribution in [3.05, 3.63) is 118 Å². The Morgan fingerprint density at radius 2 is 0.969 bits per heavy atom. The maximum absolute atomic E-state index is 11.5. The van der Waals surface area contributed by atoms with Gasteiger partial charge in [-0.1, -0.05) is 0 Å². The molecule has 0 aromatic heterocycles. The Balaban J connectivity index is 1.73. The van der Waals surface area contributed by atoms with Crippen molar-refractivity contribution in [2.45, 2.75) is 57.4 Å². The third-order valence-corrected chi connectivity index (χ3v) is 18.9. The van der Waals surface area contributed by atoms with Crippen LogP contribution >= 0.6 is 0 Å². The van der Waals surface area contributed by atoms with E-state index >= 15 is 0 Å². The molecule has 1 aliphatic carbocycles. The van der Waals surface area contributed by atoms with E-state index in [-0.39, 0.29) is 0 Å². The summed E-state index contributed by atoms with van der Waals surface area (Å²) in [7, 11) is 0. The maximum atomic E-state index is 11.5. The van der Waals surface area contributed by atoms with Gasteiger partial charge in [0.2, 0.25) is 0 Å². The molecule has 0 radical (unpaired) electrons. The molecule has 1 saturated carbocycles. The van der Waals surface area contributed by atoms with Crippen LogP contribution in [0.2, 0.25) is 0 Å². The Hall–Kier alpha value is -1.84. The number of hydrogen-bond acceptors (Lipinski definition) is 1. The summed E-state index contributed by atoms with van der Waals surface area (Å²) in [6.07, 6.45) is 8.87. The molecule has 2 heteroatoms. The number of benzene rings is 3. The summed E-state index contributed by atoms with van der Waals surface area (Å²) in [4.78, 5) is 0. The molecule has 0 aliphatic heterocycles. The van der Waals surface area contributed by atoms with Crippen LogP contribution in [0.1, 0.15) is 55.2 Å². The second kappa shape index (κ2) is 11.3. The third-order valence-electron chi connectivity index (χ3n) is 6.91. The monoisotopic (exact) mass is 532 g/mol. The van der Waals surface area contributed by atoms with E-state index in [2.05, 4.69) is 101 Å². The molecule has 0 amide bonds. The van der Waals surface area contributed by atoms with E-state index in [1.807, 2.05) is 0 Å². The van der Waals surface area contributed by atoms with Gasteiger partial charge < -0.3 is 0 Å². The molecular weight excluding hydrogens is 495 g/mol. The fraction of sp³-hybridized carbons (Fsp3) is 0.333. The van der Waals surface area contributed by atoms with E-state index in [0.717, 1.165) is 39.0 Å². The van der Waals surface area contributed by atoms with Crippen molar-refractivity contribution in [1.29, 1.82) is 0 Å². The molecule has 0 heterocycles. The quantitative estimate of drug-likeness (QED) is 0.246. The molecule has 0 bridgehead atoms. The minimum atomic E-state index is -2.98. The van der Waals surface area contributed by atoms with Gasteiger partial charge in [-0.25, -0.2) is 0 Å². The predicted octanol–water partition coefficient (Wildman–Crippen LogP) is 6.96. The Kier molecular flexibility index (Phi) is 8.26. The van der Waals surface area contributed by atoms with Crippen LogP contribution in [0.3, 0.4) is 0 Å². The summed E-state index contributed by atoms with van der Waals surface area (Å²) >= 11 is -2.98. The van der Waals surface area contributed by atoms with E-state index in [0.29, 0.717) is 0 Å². The molecule has 3 aromatic carbocycles. The molecule has 1 aliphatic rings. The average Bonchev–Trinajstić information content (AvgIpc) is 3.05. The van der Waals surface area contributed by atoms with Crippen molar-refractivity contribution in [1.82, 2.24) is 0 Å². The van der Waals surface area contributed by atoms with Crippen LogP contribution in [0.4, 0.5) is 0 Å². The van der Waals surface area contributed by atoms with Crippen LogP contribution in [0.15, 0.2) is 101 Å². The Morgan fingerprint density at radius 3 is 1.34 bits per heavy atom. The van der Waals surface area contributed by atoms with Crippen molar-refractivity contribution in [3.63, 3.8) is 0 Å². The van der Waals surface area contributed by atoms with Gasteiger partial charge in [-0.15, -0.1) is 0 Å². The van der Waals surface area contributed by atoms with Gasteiger partial charge in [-0.05, 0) is 0 Å². The third kappa shape index (κ3) is 6.83. The van der Waals surface area contributed by atoms with Crippen LogP contribution in [-0.4, -0.2) is 29.1 Å². The molecule has 32 heavy (non-hydrogen) atoms. The fourth-order valence-corrected chi connectivity index (χ4v) is 18.2. The molecule has 0 spiro atoms. The molecule has 0 unspecified atom stereocenters. The summed E-state index contributed by atoms with van der Waals surface area (Å²) in [5, 5.41) is 11.5. The molecule has 1 nitrogen and oxygen atoms in total. The van der Waals surface area contributed by atoms with E-state index in [1.165, 1.54) is 29.5 Å². The summed E-state index contributed by atoms with van der Waals surface area (Å²) in [5.74, 6) is 0. The number of hydrogen-bond donors (Lipinski definition) is 1. The first-order valence-electron chi connectivity index (χ1n) is 12.2.